The molecule has 0 unspecified atom stereocenters. The van der Waals surface area contributed by atoms with Crippen LogP contribution in [0.15, 0.2) is 65.6 Å². The van der Waals surface area contributed by atoms with Gasteiger partial charge in [0.25, 0.3) is 0 Å². The van der Waals surface area contributed by atoms with E-state index in [-0.39, 0.29) is 28.6 Å². The standard InChI is InChI=1S/C34H41F2N5O2/c1-37-27-12-15-41(31(19-27)28-18-26(35)10-11-29(28)36)33(43)39-16-17-40(34(23-39)13-6-7-14-34)22-25-21-38(2)30(20-32(25)42)24-8-4-3-5-9-24/h3-5,8-11,18,20-21,27,31,37H,6-7,12-17,19,22-23H2,1-2H3/t27-,31+/m1/s1. The second kappa shape index (κ2) is 12.2. The average molecular weight is 590 g/mol. The molecule has 1 saturated carbocycles. The van der Waals surface area contributed by atoms with Crippen LogP contribution in [-0.4, -0.2) is 70.1 Å². The summed E-state index contributed by atoms with van der Waals surface area (Å²) in [7, 11) is 3.84. The highest BCUT2D eigenvalue weighted by atomic mass is 19.1. The topological polar surface area (TPSA) is 60.8 Å². The van der Waals surface area contributed by atoms with Crippen LogP contribution in [0, 0.1) is 11.6 Å². The molecule has 6 rings (SSSR count). The molecule has 2 aliphatic heterocycles. The zero-order chi connectivity index (χ0) is 30.1. The first-order valence-corrected chi connectivity index (χ1v) is 15.5. The van der Waals surface area contributed by atoms with E-state index in [1.54, 1.807) is 11.0 Å². The Hall–Kier alpha value is -3.56. The van der Waals surface area contributed by atoms with Crippen LogP contribution in [0.5, 0.6) is 0 Å². The van der Waals surface area contributed by atoms with E-state index in [1.807, 2.05) is 60.1 Å². The number of piperazine rings is 1. The first kappa shape index (κ1) is 29.5. The van der Waals surface area contributed by atoms with Gasteiger partial charge in [-0.3, -0.25) is 9.69 Å². The molecule has 3 heterocycles. The number of benzene rings is 2. The maximum atomic E-state index is 15.0. The fourth-order valence-electron chi connectivity index (χ4n) is 7.54. The summed E-state index contributed by atoms with van der Waals surface area (Å²) in [4.78, 5) is 33.6. The number of carbonyl (C=O) groups is 1. The normalized spacial score (nSPS) is 22.3. The molecule has 3 aliphatic rings. The molecule has 1 aromatic heterocycles. The molecule has 228 valence electrons. The highest BCUT2D eigenvalue weighted by Crippen LogP contribution is 2.40. The van der Waals surface area contributed by atoms with Gasteiger partial charge in [0.1, 0.15) is 11.6 Å². The number of carbonyl (C=O) groups excluding carboxylic acids is 1. The second-order valence-corrected chi connectivity index (χ2v) is 12.5. The number of nitrogens with zero attached hydrogens (tertiary/aromatic N) is 4. The first-order chi connectivity index (χ1) is 20.8. The number of urea groups is 1. The maximum Gasteiger partial charge on any atom is 0.320 e. The number of pyridine rings is 1. The third-order valence-corrected chi connectivity index (χ3v) is 9.92. The summed E-state index contributed by atoms with van der Waals surface area (Å²) in [6.45, 7) is 2.75. The van der Waals surface area contributed by atoms with Gasteiger partial charge in [0.2, 0.25) is 0 Å². The number of aryl methyl sites for hydroxylation is 1. The Bertz CT molecular complexity index is 1520. The van der Waals surface area contributed by atoms with E-state index >= 15 is 0 Å². The lowest BCUT2D eigenvalue weighted by Gasteiger charge is -2.51. The van der Waals surface area contributed by atoms with Crippen molar-refractivity contribution in [1.29, 1.82) is 0 Å². The van der Waals surface area contributed by atoms with Gasteiger partial charge >= 0.3 is 6.03 Å². The van der Waals surface area contributed by atoms with Crippen molar-refractivity contribution in [3.05, 3.63) is 93.8 Å². The van der Waals surface area contributed by atoms with E-state index in [2.05, 4.69) is 10.2 Å². The Morgan fingerprint density at radius 3 is 2.53 bits per heavy atom. The van der Waals surface area contributed by atoms with Crippen molar-refractivity contribution < 1.29 is 13.6 Å². The predicted octanol–water partition coefficient (Wildman–Crippen LogP) is 5.31. The van der Waals surface area contributed by atoms with E-state index in [4.69, 9.17) is 0 Å². The molecule has 2 atom stereocenters. The number of amides is 2. The molecule has 3 aromatic rings. The lowest BCUT2D eigenvalue weighted by Crippen LogP contribution is -2.64. The fraction of sp³-hybridized carbons (Fsp3) is 0.471. The van der Waals surface area contributed by atoms with Crippen LogP contribution >= 0.6 is 0 Å². The molecule has 2 amide bonds. The van der Waals surface area contributed by atoms with Crippen molar-refractivity contribution in [1.82, 2.24) is 24.6 Å². The largest absolute Gasteiger partial charge is 0.350 e. The summed E-state index contributed by atoms with van der Waals surface area (Å²) in [6.07, 6.45) is 7.31. The Morgan fingerprint density at radius 2 is 1.79 bits per heavy atom. The minimum Gasteiger partial charge on any atom is -0.350 e. The van der Waals surface area contributed by atoms with Gasteiger partial charge in [-0.1, -0.05) is 43.2 Å². The highest BCUT2D eigenvalue weighted by molar-refractivity contribution is 5.75. The van der Waals surface area contributed by atoms with Crippen molar-refractivity contribution in [3.8, 4) is 11.3 Å². The van der Waals surface area contributed by atoms with Crippen LogP contribution in [0.4, 0.5) is 13.6 Å². The first-order valence-electron chi connectivity index (χ1n) is 15.5. The fourth-order valence-corrected chi connectivity index (χ4v) is 7.54. The molecule has 3 fully saturated rings. The summed E-state index contributed by atoms with van der Waals surface area (Å²) in [5, 5.41) is 3.26. The summed E-state index contributed by atoms with van der Waals surface area (Å²) < 4.78 is 31.2. The maximum absolute atomic E-state index is 15.0. The Labute approximate surface area is 252 Å². The zero-order valence-corrected chi connectivity index (χ0v) is 25.1. The van der Waals surface area contributed by atoms with Gasteiger partial charge in [-0.25, -0.2) is 13.6 Å². The Morgan fingerprint density at radius 1 is 1.02 bits per heavy atom. The molecule has 9 heteroatoms. The number of piperidine rings is 1. The van der Waals surface area contributed by atoms with Gasteiger partial charge < -0.3 is 19.7 Å². The van der Waals surface area contributed by atoms with Crippen LogP contribution in [0.25, 0.3) is 11.3 Å². The molecule has 1 aliphatic carbocycles. The predicted molar refractivity (Wildman–Crippen MR) is 164 cm³/mol. The summed E-state index contributed by atoms with van der Waals surface area (Å²) in [6, 6.07) is 14.6. The van der Waals surface area contributed by atoms with Crippen LogP contribution in [0.2, 0.25) is 0 Å². The molecule has 1 N–H and O–H groups in total. The quantitative estimate of drug-likeness (QED) is 0.439. The van der Waals surface area contributed by atoms with Gasteiger partial charge in [-0.15, -0.1) is 0 Å². The van der Waals surface area contributed by atoms with Crippen molar-refractivity contribution in [2.45, 2.75) is 62.7 Å². The number of aromatic nitrogens is 1. The molecule has 0 bridgehead atoms. The molecule has 2 aromatic carbocycles. The van der Waals surface area contributed by atoms with Crippen LogP contribution in [0.3, 0.4) is 0 Å². The van der Waals surface area contributed by atoms with Crippen LogP contribution < -0.4 is 10.7 Å². The van der Waals surface area contributed by atoms with Gasteiger partial charge in [-0.2, -0.15) is 0 Å². The van der Waals surface area contributed by atoms with Gasteiger partial charge in [0.05, 0.1) is 11.7 Å². The number of hydrogen-bond acceptors (Lipinski definition) is 4. The smallest absolute Gasteiger partial charge is 0.320 e. The lowest BCUT2D eigenvalue weighted by molar-refractivity contribution is -0.00242. The molecule has 7 nitrogen and oxygen atoms in total. The highest BCUT2D eigenvalue weighted by Gasteiger charge is 2.46. The molecular formula is C34H41F2N5O2. The lowest BCUT2D eigenvalue weighted by atomic mass is 9.90. The number of nitrogens with one attached hydrogen (secondary N) is 1. The minimum absolute atomic E-state index is 0.0240. The zero-order valence-electron chi connectivity index (χ0n) is 25.1. The van der Waals surface area contributed by atoms with Gasteiger partial charge in [0, 0.05) is 74.7 Å². The number of rotatable bonds is 5. The SMILES string of the molecule is CN[C@@H]1CCN(C(=O)N2CCN(Cc3cn(C)c(-c4ccccc4)cc3=O)C3(CCCC3)C2)[C@H](c2cc(F)ccc2F)C1. The molecule has 0 radical (unpaired) electrons. The number of likely N-dealkylation sites (tertiary alicyclic amines) is 1. The molecule has 1 spiro atoms. The van der Waals surface area contributed by atoms with Gasteiger partial charge in [-0.05, 0) is 56.5 Å². The van der Waals surface area contributed by atoms with E-state index in [9.17, 15) is 18.4 Å². The van der Waals surface area contributed by atoms with Crippen molar-refractivity contribution in [2.75, 3.05) is 33.2 Å². The summed E-state index contributed by atoms with van der Waals surface area (Å²) >= 11 is 0. The van der Waals surface area contributed by atoms with Crippen molar-refractivity contribution in [3.63, 3.8) is 0 Å². The monoisotopic (exact) mass is 589 g/mol. The Kier molecular flexibility index (Phi) is 8.38. The molecule has 43 heavy (non-hydrogen) atoms. The van der Waals surface area contributed by atoms with E-state index in [1.165, 1.54) is 6.07 Å². The second-order valence-electron chi connectivity index (χ2n) is 12.5. The van der Waals surface area contributed by atoms with Gasteiger partial charge in [0.15, 0.2) is 5.43 Å². The van der Waals surface area contributed by atoms with Crippen molar-refractivity contribution >= 4 is 6.03 Å². The third-order valence-electron chi connectivity index (χ3n) is 9.92. The summed E-state index contributed by atoms with van der Waals surface area (Å²) in [5.74, 6) is -0.991. The number of hydrogen-bond donors (Lipinski definition) is 1. The van der Waals surface area contributed by atoms with E-state index in [0.29, 0.717) is 39.1 Å². The molecular weight excluding hydrogens is 548 g/mol. The van der Waals surface area contributed by atoms with E-state index in [0.717, 1.165) is 61.1 Å². The van der Waals surface area contributed by atoms with Crippen LogP contribution in [-0.2, 0) is 13.6 Å². The molecule has 2 saturated heterocycles. The minimum atomic E-state index is -0.543. The van der Waals surface area contributed by atoms with Crippen molar-refractivity contribution in [2.24, 2.45) is 7.05 Å². The third kappa shape index (κ3) is 5.85. The van der Waals surface area contributed by atoms with E-state index < -0.39 is 17.7 Å². The summed E-state index contributed by atoms with van der Waals surface area (Å²) in [5.41, 5.74) is 2.69. The Balaban J connectivity index is 1.23. The number of halogens is 2. The average Bonchev–Trinajstić information content (AvgIpc) is 3.49. The van der Waals surface area contributed by atoms with Crippen LogP contribution in [0.1, 0.15) is 55.7 Å².